The van der Waals surface area contributed by atoms with Crippen LogP contribution in [0.5, 0.6) is 0 Å². The monoisotopic (exact) mass is 222 g/mol. The lowest BCUT2D eigenvalue weighted by Gasteiger charge is -2.64. The lowest BCUT2D eigenvalue weighted by atomic mass is 9.46. The molecule has 0 aliphatic heterocycles. The summed E-state index contributed by atoms with van der Waals surface area (Å²) in [4.78, 5) is 2.55. The molecule has 0 amide bonds. The van der Waals surface area contributed by atoms with Crippen molar-refractivity contribution in [3.05, 3.63) is 0 Å². The molecule has 0 radical (unpaired) electrons. The minimum absolute atomic E-state index is 0.556. The molecule has 2 heteroatoms. The van der Waals surface area contributed by atoms with Gasteiger partial charge in [0.15, 0.2) is 0 Å². The van der Waals surface area contributed by atoms with E-state index in [0.29, 0.717) is 11.0 Å². The zero-order valence-corrected chi connectivity index (χ0v) is 11.1. The first kappa shape index (κ1) is 11.0. The highest BCUT2D eigenvalue weighted by Crippen LogP contribution is 2.62. The average Bonchev–Trinajstić information content (AvgIpc) is 2.14. The molecule has 4 aliphatic carbocycles. The Morgan fingerprint density at radius 1 is 1.12 bits per heavy atom. The van der Waals surface area contributed by atoms with E-state index in [0.717, 1.165) is 11.8 Å². The smallest absolute Gasteiger partial charge is 0.0214 e. The first-order chi connectivity index (χ1) is 7.57. The second kappa shape index (κ2) is 3.46. The van der Waals surface area contributed by atoms with Gasteiger partial charge in [0.1, 0.15) is 0 Å². The van der Waals surface area contributed by atoms with Crippen LogP contribution in [0.1, 0.15) is 38.5 Å². The van der Waals surface area contributed by atoms with Gasteiger partial charge in [-0.05, 0) is 76.9 Å². The van der Waals surface area contributed by atoms with E-state index in [1.807, 2.05) is 0 Å². The summed E-state index contributed by atoms with van der Waals surface area (Å²) in [5.74, 6) is 2.05. The van der Waals surface area contributed by atoms with Gasteiger partial charge in [0, 0.05) is 12.1 Å². The topological polar surface area (TPSA) is 15.3 Å². The van der Waals surface area contributed by atoms with Crippen molar-refractivity contribution in [3.8, 4) is 0 Å². The van der Waals surface area contributed by atoms with Gasteiger partial charge in [-0.3, -0.25) is 0 Å². The van der Waals surface area contributed by atoms with E-state index < -0.39 is 0 Å². The van der Waals surface area contributed by atoms with Crippen molar-refractivity contribution in [3.63, 3.8) is 0 Å². The highest BCUT2D eigenvalue weighted by Gasteiger charge is 2.57. The SMILES string of the molecule is CNCC12CC3CC(C1)CC(N(C)C)(C3)C2. The molecule has 2 unspecified atom stereocenters. The molecule has 0 heterocycles. The first-order valence-electron chi connectivity index (χ1n) is 6.90. The van der Waals surface area contributed by atoms with Crippen LogP contribution in [0, 0.1) is 17.3 Å². The molecule has 4 bridgehead atoms. The molecule has 2 atom stereocenters. The molecule has 4 fully saturated rings. The van der Waals surface area contributed by atoms with Gasteiger partial charge in [-0.15, -0.1) is 0 Å². The maximum Gasteiger partial charge on any atom is 0.0214 e. The lowest BCUT2D eigenvalue weighted by Crippen LogP contribution is -2.63. The van der Waals surface area contributed by atoms with Crippen LogP contribution >= 0.6 is 0 Å². The summed E-state index contributed by atoms with van der Waals surface area (Å²) in [6, 6.07) is 0. The maximum atomic E-state index is 3.46. The molecule has 4 rings (SSSR count). The van der Waals surface area contributed by atoms with E-state index in [1.54, 1.807) is 0 Å². The van der Waals surface area contributed by atoms with Crippen molar-refractivity contribution in [1.82, 2.24) is 10.2 Å². The molecule has 0 aromatic rings. The Morgan fingerprint density at radius 3 is 2.25 bits per heavy atom. The van der Waals surface area contributed by atoms with E-state index in [4.69, 9.17) is 0 Å². The van der Waals surface area contributed by atoms with Crippen LogP contribution in [0.4, 0.5) is 0 Å². The molecule has 4 saturated carbocycles. The second-order valence-electron chi connectivity index (χ2n) is 7.11. The molecule has 0 spiro atoms. The maximum absolute atomic E-state index is 3.46. The zero-order chi connectivity index (χ0) is 11.4. The van der Waals surface area contributed by atoms with E-state index >= 15 is 0 Å². The summed E-state index contributed by atoms with van der Waals surface area (Å²) in [7, 11) is 6.74. The minimum Gasteiger partial charge on any atom is -0.319 e. The van der Waals surface area contributed by atoms with Crippen molar-refractivity contribution in [2.45, 2.75) is 44.1 Å². The standard InChI is InChI=1S/C14H26N2/c1-15-10-13-5-11-4-12(6-13)8-14(7-11,9-13)16(2)3/h11-12,15H,4-10H2,1-3H3. The van der Waals surface area contributed by atoms with Crippen molar-refractivity contribution >= 4 is 0 Å². The molecule has 4 aliphatic rings. The minimum atomic E-state index is 0.556. The Bertz CT molecular complexity index is 270. The molecule has 2 nitrogen and oxygen atoms in total. The van der Waals surface area contributed by atoms with Crippen LogP contribution in [0.2, 0.25) is 0 Å². The van der Waals surface area contributed by atoms with Crippen molar-refractivity contribution in [1.29, 1.82) is 0 Å². The number of hydrogen-bond acceptors (Lipinski definition) is 2. The van der Waals surface area contributed by atoms with Crippen LogP contribution in [0.15, 0.2) is 0 Å². The summed E-state index contributed by atoms with van der Waals surface area (Å²) >= 11 is 0. The lowest BCUT2D eigenvalue weighted by molar-refractivity contribution is -0.117. The Morgan fingerprint density at radius 2 is 1.75 bits per heavy atom. The third-order valence-electron chi connectivity index (χ3n) is 5.65. The van der Waals surface area contributed by atoms with Gasteiger partial charge in [0.05, 0.1) is 0 Å². The third kappa shape index (κ3) is 1.46. The Labute approximate surface area is 99.8 Å². The molecule has 0 aromatic heterocycles. The van der Waals surface area contributed by atoms with Crippen LogP contribution in [-0.2, 0) is 0 Å². The Kier molecular flexibility index (Phi) is 2.38. The third-order valence-corrected chi connectivity index (χ3v) is 5.65. The summed E-state index contributed by atoms with van der Waals surface area (Å²) < 4.78 is 0. The molecule has 1 N–H and O–H groups in total. The van der Waals surface area contributed by atoms with E-state index in [9.17, 15) is 0 Å². The van der Waals surface area contributed by atoms with Crippen LogP contribution in [0.3, 0.4) is 0 Å². The van der Waals surface area contributed by atoms with Gasteiger partial charge in [-0.25, -0.2) is 0 Å². The van der Waals surface area contributed by atoms with E-state index in [2.05, 4.69) is 31.4 Å². The number of nitrogens with one attached hydrogen (secondary N) is 1. The molecule has 92 valence electrons. The van der Waals surface area contributed by atoms with Gasteiger partial charge in [-0.1, -0.05) is 0 Å². The van der Waals surface area contributed by atoms with Crippen molar-refractivity contribution in [2.24, 2.45) is 17.3 Å². The van der Waals surface area contributed by atoms with Gasteiger partial charge >= 0.3 is 0 Å². The summed E-state index contributed by atoms with van der Waals surface area (Å²) in [6.07, 6.45) is 8.92. The van der Waals surface area contributed by atoms with Crippen molar-refractivity contribution < 1.29 is 0 Å². The number of nitrogens with zero attached hydrogens (tertiary/aromatic N) is 1. The van der Waals surface area contributed by atoms with Crippen LogP contribution in [-0.4, -0.2) is 38.1 Å². The summed E-state index contributed by atoms with van der Waals surface area (Å²) in [5, 5.41) is 3.46. The van der Waals surface area contributed by atoms with Gasteiger partial charge < -0.3 is 10.2 Å². The summed E-state index contributed by atoms with van der Waals surface area (Å²) in [5.41, 5.74) is 1.20. The molecule has 16 heavy (non-hydrogen) atoms. The van der Waals surface area contributed by atoms with Gasteiger partial charge in [0.25, 0.3) is 0 Å². The molecular weight excluding hydrogens is 196 g/mol. The molecule has 0 saturated heterocycles. The quantitative estimate of drug-likeness (QED) is 0.787. The Balaban J connectivity index is 1.90. The average molecular weight is 222 g/mol. The summed E-state index contributed by atoms with van der Waals surface area (Å²) in [6.45, 7) is 1.25. The predicted molar refractivity (Wildman–Crippen MR) is 67.5 cm³/mol. The van der Waals surface area contributed by atoms with Crippen LogP contribution < -0.4 is 5.32 Å². The highest BCUT2D eigenvalue weighted by molar-refractivity contribution is 5.12. The fourth-order valence-electron chi connectivity index (χ4n) is 5.51. The fraction of sp³-hybridized carbons (Fsp3) is 1.00. The van der Waals surface area contributed by atoms with Gasteiger partial charge in [0.2, 0.25) is 0 Å². The normalized spacial score (nSPS) is 50.2. The highest BCUT2D eigenvalue weighted by atomic mass is 15.2. The van der Waals surface area contributed by atoms with Gasteiger partial charge in [-0.2, -0.15) is 0 Å². The van der Waals surface area contributed by atoms with E-state index in [1.165, 1.54) is 45.1 Å². The predicted octanol–water partition coefficient (Wildman–Crippen LogP) is 2.11. The zero-order valence-electron chi connectivity index (χ0n) is 11.1. The number of hydrogen-bond donors (Lipinski definition) is 1. The second-order valence-corrected chi connectivity index (χ2v) is 7.11. The fourth-order valence-corrected chi connectivity index (χ4v) is 5.51. The number of rotatable bonds is 3. The van der Waals surface area contributed by atoms with Crippen molar-refractivity contribution in [2.75, 3.05) is 27.7 Å². The van der Waals surface area contributed by atoms with Crippen LogP contribution in [0.25, 0.3) is 0 Å². The van der Waals surface area contributed by atoms with E-state index in [-0.39, 0.29) is 0 Å². The molecular formula is C14H26N2. The largest absolute Gasteiger partial charge is 0.319 e. The first-order valence-corrected chi connectivity index (χ1v) is 6.90. The Hall–Kier alpha value is -0.0800. The molecule has 0 aromatic carbocycles.